The second-order valence-electron chi connectivity index (χ2n) is 4.78. The van der Waals surface area contributed by atoms with Gasteiger partial charge in [0.25, 0.3) is 5.89 Å². The van der Waals surface area contributed by atoms with Crippen molar-refractivity contribution in [3.63, 3.8) is 0 Å². The molecule has 0 N–H and O–H groups in total. The average molecular weight is 292 g/mol. The summed E-state index contributed by atoms with van der Waals surface area (Å²) in [5.41, 5.74) is 2.12. The molecule has 3 rings (SSSR count). The first-order valence-corrected chi connectivity index (χ1v) is 7.03. The molecule has 0 spiro atoms. The van der Waals surface area contributed by atoms with Crippen LogP contribution in [-0.4, -0.2) is 17.3 Å². The van der Waals surface area contributed by atoms with Gasteiger partial charge in [-0.05, 0) is 17.7 Å². The Morgan fingerprint density at radius 1 is 1.00 bits per heavy atom. The highest BCUT2D eigenvalue weighted by molar-refractivity contribution is 5.65. The summed E-state index contributed by atoms with van der Waals surface area (Å²) in [6, 6.07) is 17.8. The number of methoxy groups -OCH3 is 1. The van der Waals surface area contributed by atoms with E-state index in [0.717, 1.165) is 16.9 Å². The lowest BCUT2D eigenvalue weighted by Gasteiger charge is -2.04. The zero-order valence-electron chi connectivity index (χ0n) is 12.3. The van der Waals surface area contributed by atoms with E-state index in [0.29, 0.717) is 18.1 Å². The molecular weight excluding hydrogens is 276 g/mol. The predicted octanol–water partition coefficient (Wildman–Crippen LogP) is 3.84. The number of ether oxygens (including phenoxy) is 1. The largest absolute Gasteiger partial charge is 0.496 e. The highest BCUT2D eigenvalue weighted by Gasteiger charge is 2.08. The van der Waals surface area contributed by atoms with Gasteiger partial charge in [0.2, 0.25) is 0 Å². The van der Waals surface area contributed by atoms with Crippen molar-refractivity contribution in [1.29, 1.82) is 0 Å². The van der Waals surface area contributed by atoms with Crippen molar-refractivity contribution in [3.05, 3.63) is 77.4 Å². The van der Waals surface area contributed by atoms with Crippen molar-refractivity contribution in [2.24, 2.45) is 0 Å². The molecule has 1 aromatic heterocycles. The van der Waals surface area contributed by atoms with E-state index in [4.69, 9.17) is 9.26 Å². The summed E-state index contributed by atoms with van der Waals surface area (Å²) < 4.78 is 10.6. The summed E-state index contributed by atoms with van der Waals surface area (Å²) in [6.45, 7) is 0. The van der Waals surface area contributed by atoms with Crippen LogP contribution < -0.4 is 4.74 Å². The average Bonchev–Trinajstić information content (AvgIpc) is 3.02. The van der Waals surface area contributed by atoms with E-state index in [9.17, 15) is 0 Å². The van der Waals surface area contributed by atoms with Crippen molar-refractivity contribution in [2.75, 3.05) is 7.11 Å². The van der Waals surface area contributed by atoms with E-state index in [1.54, 1.807) is 7.11 Å². The molecule has 4 nitrogen and oxygen atoms in total. The second kappa shape index (κ2) is 6.72. The van der Waals surface area contributed by atoms with E-state index in [1.165, 1.54) is 0 Å². The van der Waals surface area contributed by atoms with Crippen LogP contribution in [0.3, 0.4) is 0 Å². The summed E-state index contributed by atoms with van der Waals surface area (Å²) in [6.07, 6.45) is 4.33. The molecule has 3 aromatic rings. The number of hydrogen-bond donors (Lipinski definition) is 0. The standard InChI is InChI=1S/C18H16N2O2/c1-21-16-10-6-5-9-15(16)13-17-19-18(22-20-17)12-11-14-7-3-2-4-8-14/h2-12H,13H2,1H3/b12-11+. The van der Waals surface area contributed by atoms with E-state index in [1.807, 2.05) is 66.7 Å². The van der Waals surface area contributed by atoms with Gasteiger partial charge in [-0.15, -0.1) is 0 Å². The molecule has 110 valence electrons. The van der Waals surface area contributed by atoms with Crippen molar-refractivity contribution >= 4 is 12.2 Å². The molecule has 22 heavy (non-hydrogen) atoms. The predicted molar refractivity (Wildman–Crippen MR) is 85.5 cm³/mol. The Kier molecular flexibility index (Phi) is 4.30. The third-order valence-electron chi connectivity index (χ3n) is 3.24. The molecule has 0 aliphatic carbocycles. The second-order valence-corrected chi connectivity index (χ2v) is 4.78. The molecule has 0 saturated carbocycles. The fourth-order valence-electron chi connectivity index (χ4n) is 2.16. The molecule has 0 saturated heterocycles. The van der Waals surface area contributed by atoms with Crippen LogP contribution in [0.15, 0.2) is 59.1 Å². The molecule has 0 fully saturated rings. The van der Waals surface area contributed by atoms with Gasteiger partial charge in [-0.1, -0.05) is 53.7 Å². The first kappa shape index (κ1) is 14.1. The Balaban J connectivity index is 1.73. The summed E-state index contributed by atoms with van der Waals surface area (Å²) in [5.74, 6) is 1.96. The van der Waals surface area contributed by atoms with Gasteiger partial charge in [-0.2, -0.15) is 4.98 Å². The third-order valence-corrected chi connectivity index (χ3v) is 3.24. The molecule has 0 bridgehead atoms. The molecule has 0 atom stereocenters. The molecular formula is C18H16N2O2. The third kappa shape index (κ3) is 3.41. The minimum absolute atomic E-state index is 0.494. The van der Waals surface area contributed by atoms with Gasteiger partial charge in [-0.3, -0.25) is 0 Å². The molecule has 1 heterocycles. The summed E-state index contributed by atoms with van der Waals surface area (Å²) in [5, 5.41) is 4.01. The molecule has 2 aromatic carbocycles. The first-order valence-electron chi connectivity index (χ1n) is 7.03. The number of benzene rings is 2. The minimum atomic E-state index is 0.494. The minimum Gasteiger partial charge on any atom is -0.496 e. The van der Waals surface area contributed by atoms with E-state index >= 15 is 0 Å². The van der Waals surface area contributed by atoms with Crippen molar-refractivity contribution in [1.82, 2.24) is 10.1 Å². The lowest BCUT2D eigenvalue weighted by Crippen LogP contribution is -1.95. The Morgan fingerprint density at radius 3 is 2.59 bits per heavy atom. The Hall–Kier alpha value is -2.88. The van der Waals surface area contributed by atoms with Crippen LogP contribution in [0.5, 0.6) is 5.75 Å². The lowest BCUT2D eigenvalue weighted by atomic mass is 10.1. The molecule has 4 heteroatoms. The normalized spacial score (nSPS) is 11.0. The van der Waals surface area contributed by atoms with Crippen LogP contribution in [0.1, 0.15) is 22.8 Å². The van der Waals surface area contributed by atoms with E-state index in [2.05, 4.69) is 10.1 Å². The number of nitrogens with zero attached hydrogens (tertiary/aromatic N) is 2. The maximum Gasteiger partial charge on any atom is 0.250 e. The molecule has 0 radical (unpaired) electrons. The molecule has 0 aliphatic heterocycles. The fraction of sp³-hybridized carbons (Fsp3) is 0.111. The zero-order chi connectivity index (χ0) is 15.2. The van der Waals surface area contributed by atoms with Crippen molar-refractivity contribution in [2.45, 2.75) is 6.42 Å². The van der Waals surface area contributed by atoms with E-state index < -0.39 is 0 Å². The Labute approximate surface area is 129 Å². The van der Waals surface area contributed by atoms with Crippen molar-refractivity contribution in [3.8, 4) is 5.75 Å². The zero-order valence-corrected chi connectivity index (χ0v) is 12.3. The van der Waals surface area contributed by atoms with Gasteiger partial charge >= 0.3 is 0 Å². The van der Waals surface area contributed by atoms with Crippen molar-refractivity contribution < 1.29 is 9.26 Å². The topological polar surface area (TPSA) is 48.2 Å². The number of rotatable bonds is 5. The smallest absolute Gasteiger partial charge is 0.250 e. The fourth-order valence-corrected chi connectivity index (χ4v) is 2.16. The summed E-state index contributed by atoms with van der Waals surface area (Å²) in [4.78, 5) is 4.38. The number of hydrogen-bond acceptors (Lipinski definition) is 4. The van der Waals surface area contributed by atoms with Gasteiger partial charge in [0.1, 0.15) is 5.75 Å². The highest BCUT2D eigenvalue weighted by Crippen LogP contribution is 2.20. The SMILES string of the molecule is COc1ccccc1Cc1noc(/C=C/c2ccccc2)n1. The quantitative estimate of drug-likeness (QED) is 0.717. The summed E-state index contributed by atoms with van der Waals surface area (Å²) >= 11 is 0. The first-order chi connectivity index (χ1) is 10.8. The number of para-hydroxylation sites is 1. The molecule has 0 aliphatic rings. The van der Waals surface area contributed by atoms with Crippen LogP contribution >= 0.6 is 0 Å². The van der Waals surface area contributed by atoms with Gasteiger partial charge in [0, 0.05) is 18.1 Å². The van der Waals surface area contributed by atoms with Crippen LogP contribution in [0.25, 0.3) is 12.2 Å². The lowest BCUT2D eigenvalue weighted by molar-refractivity contribution is 0.401. The Morgan fingerprint density at radius 2 is 1.77 bits per heavy atom. The number of aromatic nitrogens is 2. The van der Waals surface area contributed by atoms with E-state index in [-0.39, 0.29) is 0 Å². The molecule has 0 unspecified atom stereocenters. The van der Waals surface area contributed by atoms with Crippen LogP contribution in [0, 0.1) is 0 Å². The van der Waals surface area contributed by atoms with Gasteiger partial charge in [0.15, 0.2) is 5.82 Å². The van der Waals surface area contributed by atoms with Gasteiger partial charge < -0.3 is 9.26 Å². The maximum absolute atomic E-state index is 5.33. The van der Waals surface area contributed by atoms with Crippen LogP contribution in [-0.2, 0) is 6.42 Å². The monoisotopic (exact) mass is 292 g/mol. The van der Waals surface area contributed by atoms with Crippen LogP contribution in [0.2, 0.25) is 0 Å². The summed E-state index contributed by atoms with van der Waals surface area (Å²) in [7, 11) is 1.66. The highest BCUT2D eigenvalue weighted by atomic mass is 16.5. The molecule has 0 amide bonds. The maximum atomic E-state index is 5.33. The Bertz CT molecular complexity index is 764. The van der Waals surface area contributed by atoms with Crippen LogP contribution in [0.4, 0.5) is 0 Å². The van der Waals surface area contributed by atoms with Gasteiger partial charge in [0.05, 0.1) is 7.11 Å². The van der Waals surface area contributed by atoms with Gasteiger partial charge in [-0.25, -0.2) is 0 Å².